The maximum atomic E-state index is 13.0. The molecule has 4 aliphatic rings. The first kappa shape index (κ1) is 37.5. The number of likely N-dealkylation sites (tertiary alicyclic amines) is 1. The second-order valence-electron chi connectivity index (χ2n) is 13.7. The summed E-state index contributed by atoms with van der Waals surface area (Å²) in [5.41, 5.74) is 7.82. The number of cyclic esters (lactones) is 1. The van der Waals surface area contributed by atoms with Gasteiger partial charge in [0.25, 0.3) is 5.56 Å². The number of ether oxygens (including phenoxy) is 1. The monoisotopic (exact) mass is 757 g/mol. The molecular formula is C43H39N3O8S. The van der Waals surface area contributed by atoms with Gasteiger partial charge in [-0.3, -0.25) is 4.79 Å². The van der Waals surface area contributed by atoms with Crippen LogP contribution in [0.4, 0.5) is 0 Å². The zero-order chi connectivity index (χ0) is 38.9. The first-order chi connectivity index (χ1) is 26.5. The van der Waals surface area contributed by atoms with E-state index in [9.17, 15) is 24.3 Å². The van der Waals surface area contributed by atoms with Crippen LogP contribution in [0.3, 0.4) is 0 Å². The van der Waals surface area contributed by atoms with Crippen molar-refractivity contribution in [2.24, 2.45) is 0 Å². The Labute approximate surface area is 321 Å². The third-order valence-electron chi connectivity index (χ3n) is 10.3. The molecule has 5 aromatic rings. The van der Waals surface area contributed by atoms with Crippen LogP contribution in [-0.2, 0) is 37.9 Å². The Bertz CT molecular complexity index is 2410. The Balaban J connectivity index is 0.000000144. The lowest BCUT2D eigenvalue weighted by atomic mass is 9.86. The number of pyridine rings is 2. The zero-order valence-corrected chi connectivity index (χ0v) is 31.1. The summed E-state index contributed by atoms with van der Waals surface area (Å²) in [4.78, 5) is 54.2. The fourth-order valence-corrected chi connectivity index (χ4v) is 8.47. The molecule has 9 rings (SSSR count). The van der Waals surface area contributed by atoms with E-state index in [0.717, 1.165) is 22.2 Å². The van der Waals surface area contributed by atoms with E-state index in [4.69, 9.17) is 19.9 Å². The van der Waals surface area contributed by atoms with Gasteiger partial charge in [0.15, 0.2) is 5.60 Å². The number of aliphatic hydroxyl groups is 1. The Kier molecular flexibility index (Phi) is 10.6. The third-order valence-corrected chi connectivity index (χ3v) is 11.4. The van der Waals surface area contributed by atoms with Gasteiger partial charge in [-0.1, -0.05) is 78.9 Å². The number of para-hydroxylation sites is 1. The summed E-state index contributed by atoms with van der Waals surface area (Å²) in [5, 5.41) is 27.5. The molecule has 1 atom stereocenters. The number of nitrogens with zero attached hydrogens (tertiary/aromatic N) is 3. The van der Waals surface area contributed by atoms with E-state index in [0.29, 0.717) is 35.5 Å². The van der Waals surface area contributed by atoms with Crippen molar-refractivity contribution in [3.63, 3.8) is 0 Å². The van der Waals surface area contributed by atoms with Crippen molar-refractivity contribution in [2.75, 3.05) is 20.1 Å². The van der Waals surface area contributed by atoms with Crippen molar-refractivity contribution in [2.45, 2.75) is 54.7 Å². The number of hydrogen-bond acceptors (Lipinski definition) is 9. The van der Waals surface area contributed by atoms with E-state index in [2.05, 4.69) is 60.5 Å². The largest absolute Gasteiger partial charge is 0.478 e. The molecule has 2 aromatic heterocycles. The van der Waals surface area contributed by atoms with Gasteiger partial charge in [-0.05, 0) is 73.3 Å². The Morgan fingerprint density at radius 1 is 0.891 bits per heavy atom. The lowest BCUT2D eigenvalue weighted by Crippen LogP contribution is -2.44. The molecule has 1 unspecified atom stereocenters. The summed E-state index contributed by atoms with van der Waals surface area (Å²) in [6.07, 6.45) is 3.64. The highest BCUT2D eigenvalue weighted by molar-refractivity contribution is 7.99. The molecule has 0 bridgehead atoms. The lowest BCUT2D eigenvalue weighted by Gasteiger charge is -2.31. The highest BCUT2D eigenvalue weighted by Crippen LogP contribution is 2.47. The van der Waals surface area contributed by atoms with Crippen molar-refractivity contribution in [1.29, 1.82) is 0 Å². The van der Waals surface area contributed by atoms with Crippen LogP contribution >= 0.6 is 11.8 Å². The standard InChI is InChI=1S/C20H16N2O4.C19H19NS.C4H4O4/c1-2-20(25)14-8-16-17-12(7-11-5-3-4-6-15(11)21-17)9-22(16)18(23)13(14)10-26-19(20)24;1-20-12-10-14(11-13-20)19-15-6-2-4-8-17(15)21-18-9-5-3-7-16(18)19;5-3(6)1-2-4(7)8/h3-8,25H,2,9-10H2,1H3;2-9H,10-13H2,1H3;1-2H,(H,5,6)(H,7,8). The predicted molar refractivity (Wildman–Crippen MR) is 209 cm³/mol. The van der Waals surface area contributed by atoms with E-state index in [1.54, 1.807) is 23.1 Å². The molecule has 0 spiro atoms. The van der Waals surface area contributed by atoms with Crippen LogP contribution in [0.15, 0.2) is 117 Å². The van der Waals surface area contributed by atoms with Crippen LogP contribution in [0.1, 0.15) is 54.0 Å². The number of hydrogen-bond donors (Lipinski definition) is 3. The minimum absolute atomic E-state index is 0.110. The molecular weight excluding hydrogens is 719 g/mol. The molecule has 55 heavy (non-hydrogen) atoms. The van der Waals surface area contributed by atoms with E-state index in [1.807, 2.05) is 42.1 Å². The highest BCUT2D eigenvalue weighted by Gasteiger charge is 2.45. The van der Waals surface area contributed by atoms with Crippen molar-refractivity contribution in [3.05, 3.63) is 141 Å². The van der Waals surface area contributed by atoms with Crippen LogP contribution in [0.2, 0.25) is 0 Å². The van der Waals surface area contributed by atoms with E-state index in [-0.39, 0.29) is 18.6 Å². The molecule has 0 amide bonds. The molecule has 12 heteroatoms. The summed E-state index contributed by atoms with van der Waals surface area (Å²) >= 11 is 1.91. The minimum Gasteiger partial charge on any atom is -0.478 e. The first-order valence-electron chi connectivity index (χ1n) is 18.0. The van der Waals surface area contributed by atoms with Crippen molar-refractivity contribution < 1.29 is 34.4 Å². The number of fused-ring (bicyclic) bond motifs is 7. The van der Waals surface area contributed by atoms with Crippen molar-refractivity contribution in [3.8, 4) is 11.4 Å². The van der Waals surface area contributed by atoms with Gasteiger partial charge < -0.3 is 29.5 Å². The molecule has 0 radical (unpaired) electrons. The molecule has 11 nitrogen and oxygen atoms in total. The fourth-order valence-electron chi connectivity index (χ4n) is 7.37. The van der Waals surface area contributed by atoms with E-state index >= 15 is 0 Å². The lowest BCUT2D eigenvalue weighted by molar-refractivity contribution is -0.172. The molecule has 4 aliphatic heterocycles. The Hall–Kier alpha value is -5.82. The molecule has 1 fully saturated rings. The minimum atomic E-state index is -1.79. The first-order valence-corrected chi connectivity index (χ1v) is 18.8. The van der Waals surface area contributed by atoms with Crippen LogP contribution in [0.25, 0.3) is 27.9 Å². The maximum absolute atomic E-state index is 13.0. The number of carboxylic acid groups (broad SMARTS) is 2. The van der Waals surface area contributed by atoms with E-state index < -0.39 is 23.5 Å². The van der Waals surface area contributed by atoms with Gasteiger partial charge in [0.05, 0.1) is 29.0 Å². The second-order valence-corrected chi connectivity index (χ2v) is 14.8. The normalized spacial score (nSPS) is 18.1. The Morgan fingerprint density at radius 3 is 2.11 bits per heavy atom. The van der Waals surface area contributed by atoms with Gasteiger partial charge in [0.1, 0.15) is 6.61 Å². The Morgan fingerprint density at radius 2 is 1.49 bits per heavy atom. The predicted octanol–water partition coefficient (Wildman–Crippen LogP) is 6.47. The van der Waals surface area contributed by atoms with Gasteiger partial charge in [-0.15, -0.1) is 0 Å². The fraction of sp³-hybridized carbons (Fsp3) is 0.233. The number of carboxylic acids is 2. The summed E-state index contributed by atoms with van der Waals surface area (Å²) in [6.45, 7) is 4.36. The van der Waals surface area contributed by atoms with Gasteiger partial charge in [0.2, 0.25) is 0 Å². The third kappa shape index (κ3) is 7.36. The van der Waals surface area contributed by atoms with Gasteiger partial charge in [-0.25, -0.2) is 19.4 Å². The maximum Gasteiger partial charge on any atom is 0.343 e. The number of aliphatic carboxylic acids is 2. The molecule has 3 N–H and O–H groups in total. The molecule has 1 saturated heterocycles. The molecule has 0 aliphatic carbocycles. The average molecular weight is 758 g/mol. The summed E-state index contributed by atoms with van der Waals surface area (Å²) in [5.74, 6) is -3.22. The van der Waals surface area contributed by atoms with Gasteiger partial charge in [0, 0.05) is 51.5 Å². The summed E-state index contributed by atoms with van der Waals surface area (Å²) in [7, 11) is 2.22. The highest BCUT2D eigenvalue weighted by atomic mass is 32.2. The number of carbonyl (C=O) groups excluding carboxylic acids is 1. The number of piperidine rings is 1. The SMILES string of the molecule is CCC1(O)C(=O)OCc2c1cc1n(c2=O)Cc2cc3ccccc3nc2-1.CN1CCC(=C2c3ccccc3Sc3ccccc32)CC1.O=C(O)C=CC(=O)O. The quantitative estimate of drug-likeness (QED) is 0.134. The number of rotatable bonds is 3. The average Bonchev–Trinajstić information content (AvgIpc) is 3.55. The number of carbonyl (C=O) groups is 3. The number of benzene rings is 3. The van der Waals surface area contributed by atoms with Crippen LogP contribution in [-0.4, -0.2) is 67.8 Å². The zero-order valence-electron chi connectivity index (χ0n) is 30.3. The van der Waals surface area contributed by atoms with Crippen LogP contribution < -0.4 is 5.56 Å². The summed E-state index contributed by atoms with van der Waals surface area (Å²) in [6, 6.07) is 29.3. The number of aromatic nitrogens is 2. The van der Waals surface area contributed by atoms with Crippen molar-refractivity contribution >= 4 is 46.1 Å². The van der Waals surface area contributed by atoms with Gasteiger partial charge in [-0.2, -0.15) is 0 Å². The molecule has 6 heterocycles. The number of esters is 1. The topological polar surface area (TPSA) is 159 Å². The smallest absolute Gasteiger partial charge is 0.343 e. The van der Waals surface area contributed by atoms with Crippen molar-refractivity contribution in [1.82, 2.24) is 14.5 Å². The molecule has 0 saturated carbocycles. The summed E-state index contributed by atoms with van der Waals surface area (Å²) < 4.78 is 6.72. The van der Waals surface area contributed by atoms with E-state index in [1.165, 1.54) is 52.4 Å². The second kappa shape index (κ2) is 15.5. The van der Waals surface area contributed by atoms with Crippen LogP contribution in [0.5, 0.6) is 0 Å². The molecule has 280 valence electrons. The van der Waals surface area contributed by atoms with Crippen LogP contribution in [0, 0.1) is 0 Å². The van der Waals surface area contributed by atoms with Gasteiger partial charge >= 0.3 is 17.9 Å². The molecule has 3 aromatic carbocycles.